The van der Waals surface area contributed by atoms with Gasteiger partial charge in [0.15, 0.2) is 5.54 Å². The molecule has 3 aromatic carbocycles. The van der Waals surface area contributed by atoms with Gasteiger partial charge in [-0.3, -0.25) is 9.36 Å². The van der Waals surface area contributed by atoms with E-state index in [9.17, 15) is 9.59 Å². The lowest BCUT2D eigenvalue weighted by Crippen LogP contribution is -2.57. The second-order valence-electron chi connectivity index (χ2n) is 7.94. The van der Waals surface area contributed by atoms with Crippen molar-refractivity contribution in [3.63, 3.8) is 0 Å². The van der Waals surface area contributed by atoms with Crippen molar-refractivity contribution in [3.8, 4) is 0 Å². The van der Waals surface area contributed by atoms with Gasteiger partial charge in [0, 0.05) is 41.4 Å². The number of carbonyl (C=O) groups excluding carboxylic acids is 2. The molecule has 5 nitrogen and oxygen atoms in total. The topological polar surface area (TPSA) is 54.3 Å². The number of fused-ring (bicyclic) bond motifs is 3. The average Bonchev–Trinajstić information content (AvgIpc) is 3.24. The lowest BCUT2D eigenvalue weighted by molar-refractivity contribution is -0.122. The molecule has 5 heteroatoms. The number of hydrogen-bond donors (Lipinski definition) is 1. The number of carbonyl (C=O) groups is 2. The molecule has 1 spiro atoms. The smallest absolute Gasteiger partial charge is 0.315 e. The molecule has 2 amide bonds. The fraction of sp³-hybridized carbons (Fsp3) is 0.120. The van der Waals surface area contributed by atoms with Crippen molar-refractivity contribution >= 4 is 28.5 Å². The first-order valence-corrected chi connectivity index (χ1v) is 9.99. The van der Waals surface area contributed by atoms with Crippen LogP contribution < -0.4 is 10.2 Å². The fourth-order valence-corrected chi connectivity index (χ4v) is 5.01. The average molecular weight is 393 g/mol. The van der Waals surface area contributed by atoms with Gasteiger partial charge in [0.2, 0.25) is 0 Å². The van der Waals surface area contributed by atoms with E-state index >= 15 is 0 Å². The zero-order valence-electron chi connectivity index (χ0n) is 16.4. The van der Waals surface area contributed by atoms with Crippen molar-refractivity contribution < 1.29 is 9.59 Å². The van der Waals surface area contributed by atoms with Crippen LogP contribution >= 0.6 is 0 Å². The molecule has 0 bridgehead atoms. The Kier molecular flexibility index (Phi) is 3.31. The normalized spacial score (nSPS) is 19.4. The third kappa shape index (κ3) is 2.01. The Morgan fingerprint density at radius 1 is 0.867 bits per heavy atom. The van der Waals surface area contributed by atoms with E-state index in [0.29, 0.717) is 6.42 Å². The third-order valence-electron chi connectivity index (χ3n) is 6.32. The van der Waals surface area contributed by atoms with Crippen LogP contribution in [0.4, 0.5) is 10.5 Å². The summed E-state index contributed by atoms with van der Waals surface area (Å²) in [7, 11) is 1.76. The highest BCUT2D eigenvalue weighted by atomic mass is 16.2. The van der Waals surface area contributed by atoms with Crippen LogP contribution in [-0.4, -0.2) is 23.6 Å². The Bertz CT molecular complexity index is 1360. The summed E-state index contributed by atoms with van der Waals surface area (Å²) in [5, 5.41) is 4.05. The number of para-hydroxylation sites is 2. The van der Waals surface area contributed by atoms with Crippen LogP contribution in [0.3, 0.4) is 0 Å². The maximum Gasteiger partial charge on any atom is 0.327 e. The number of amides is 2. The highest BCUT2D eigenvalue weighted by Crippen LogP contribution is 2.47. The highest BCUT2D eigenvalue weighted by molar-refractivity contribution is 6.15. The molecule has 0 saturated heterocycles. The Labute approximate surface area is 173 Å². The zero-order chi connectivity index (χ0) is 20.5. The highest BCUT2D eigenvalue weighted by Gasteiger charge is 2.55. The van der Waals surface area contributed by atoms with Gasteiger partial charge in [0.05, 0.1) is 5.52 Å². The van der Waals surface area contributed by atoms with E-state index in [0.717, 1.165) is 39.0 Å². The Morgan fingerprint density at radius 2 is 1.60 bits per heavy atom. The molecule has 0 fully saturated rings. The summed E-state index contributed by atoms with van der Waals surface area (Å²) >= 11 is 0. The van der Waals surface area contributed by atoms with Gasteiger partial charge in [-0.15, -0.1) is 0 Å². The summed E-state index contributed by atoms with van der Waals surface area (Å²) in [5.74, 6) is -0.137. The third-order valence-corrected chi connectivity index (χ3v) is 6.32. The van der Waals surface area contributed by atoms with Crippen LogP contribution in [0, 0.1) is 0 Å². The van der Waals surface area contributed by atoms with E-state index in [1.54, 1.807) is 16.5 Å². The lowest BCUT2D eigenvalue weighted by Gasteiger charge is -2.35. The molecule has 1 N–H and O–H groups in total. The van der Waals surface area contributed by atoms with Gasteiger partial charge in [-0.05, 0) is 17.7 Å². The van der Waals surface area contributed by atoms with Crippen molar-refractivity contribution in [2.45, 2.75) is 12.0 Å². The number of rotatable bonds is 2. The molecule has 2 aliphatic heterocycles. The monoisotopic (exact) mass is 393 g/mol. The van der Waals surface area contributed by atoms with E-state index in [4.69, 9.17) is 0 Å². The van der Waals surface area contributed by atoms with Gasteiger partial charge in [0.25, 0.3) is 5.91 Å². The second kappa shape index (κ2) is 5.83. The van der Waals surface area contributed by atoms with Gasteiger partial charge in [-0.2, -0.15) is 0 Å². The van der Waals surface area contributed by atoms with Crippen molar-refractivity contribution in [2.75, 3.05) is 11.9 Å². The molecular formula is C25H19N3O2. The molecule has 0 radical (unpaired) electrons. The molecule has 1 aromatic heterocycles. The van der Waals surface area contributed by atoms with E-state index in [1.165, 1.54) is 0 Å². The van der Waals surface area contributed by atoms with Crippen LogP contribution in [0.2, 0.25) is 0 Å². The van der Waals surface area contributed by atoms with Gasteiger partial charge >= 0.3 is 6.03 Å². The molecular weight excluding hydrogens is 374 g/mol. The van der Waals surface area contributed by atoms with E-state index in [1.807, 2.05) is 60.7 Å². The number of nitrogens with one attached hydrogen (secondary N) is 1. The van der Waals surface area contributed by atoms with E-state index in [2.05, 4.69) is 23.5 Å². The number of anilines is 1. The molecule has 0 saturated carbocycles. The van der Waals surface area contributed by atoms with Gasteiger partial charge < -0.3 is 10.2 Å². The van der Waals surface area contributed by atoms with Crippen molar-refractivity contribution in [3.05, 3.63) is 101 Å². The second-order valence-corrected chi connectivity index (χ2v) is 7.94. The molecule has 1 unspecified atom stereocenters. The number of likely N-dealkylation sites (N-methyl/N-ethyl adjacent to an activating group) is 1. The molecule has 1 atom stereocenters. The Hall–Kier alpha value is -3.86. The van der Waals surface area contributed by atoms with Gasteiger partial charge in [-0.1, -0.05) is 66.7 Å². The summed E-state index contributed by atoms with van der Waals surface area (Å²) in [6.45, 7) is 0. The van der Waals surface area contributed by atoms with Crippen molar-refractivity contribution in [2.24, 2.45) is 0 Å². The lowest BCUT2D eigenvalue weighted by atomic mass is 9.82. The number of hydrogen-bond acceptors (Lipinski definition) is 2. The van der Waals surface area contributed by atoms with Crippen LogP contribution in [0.1, 0.15) is 22.4 Å². The molecule has 146 valence electrons. The summed E-state index contributed by atoms with van der Waals surface area (Å²) in [6, 6.07) is 25.5. The number of aromatic nitrogens is 1. The summed E-state index contributed by atoms with van der Waals surface area (Å²) < 4.78 is 1.73. The van der Waals surface area contributed by atoms with Gasteiger partial charge in [-0.25, -0.2) is 4.79 Å². The first-order valence-electron chi connectivity index (χ1n) is 9.99. The summed E-state index contributed by atoms with van der Waals surface area (Å²) in [5.41, 5.74) is 4.11. The predicted molar refractivity (Wildman–Crippen MR) is 116 cm³/mol. The van der Waals surface area contributed by atoms with Crippen molar-refractivity contribution in [1.29, 1.82) is 0 Å². The molecule has 4 aromatic rings. The largest absolute Gasteiger partial charge is 0.327 e. The van der Waals surface area contributed by atoms with Crippen molar-refractivity contribution in [1.82, 2.24) is 9.88 Å². The minimum absolute atomic E-state index is 0.137. The van der Waals surface area contributed by atoms with Crippen LogP contribution in [0.25, 0.3) is 10.9 Å². The maximum absolute atomic E-state index is 13.5. The first-order chi connectivity index (χ1) is 14.6. The molecule has 6 rings (SSSR count). The first kappa shape index (κ1) is 17.0. The molecule has 3 heterocycles. The summed E-state index contributed by atoms with van der Waals surface area (Å²) in [6.07, 6.45) is 0.639. The SMILES string of the molecule is CN1C(=O)C2(NC(=O)n3c(Cc4ccccc4)cc4cccc2c43)c2ccccc21. The molecule has 30 heavy (non-hydrogen) atoms. The Balaban J connectivity index is 1.63. The fourth-order valence-electron chi connectivity index (χ4n) is 5.01. The predicted octanol–water partition coefficient (Wildman–Crippen LogP) is 4.02. The number of nitrogens with zero attached hydrogens (tertiary/aromatic N) is 2. The minimum atomic E-state index is -1.19. The molecule has 2 aliphatic rings. The maximum atomic E-state index is 13.5. The minimum Gasteiger partial charge on any atom is -0.315 e. The zero-order valence-corrected chi connectivity index (χ0v) is 16.4. The van der Waals surface area contributed by atoms with Crippen LogP contribution in [0.15, 0.2) is 78.9 Å². The Morgan fingerprint density at radius 3 is 2.43 bits per heavy atom. The van der Waals surface area contributed by atoms with Crippen LogP contribution in [0.5, 0.6) is 0 Å². The number of benzene rings is 3. The van der Waals surface area contributed by atoms with Crippen LogP contribution in [-0.2, 0) is 16.8 Å². The van der Waals surface area contributed by atoms with Gasteiger partial charge in [0.1, 0.15) is 0 Å². The quantitative estimate of drug-likeness (QED) is 0.559. The standard InChI is InChI=1S/C25H19N3O2/c1-27-21-13-6-5-11-19(21)25(23(27)29)20-12-7-10-17-15-18(14-16-8-3-2-4-9-16)28(22(17)20)24(30)26-25/h2-13,15H,14H2,1H3,(H,26,30). The molecule has 0 aliphatic carbocycles. The van der Waals surface area contributed by atoms with E-state index in [-0.39, 0.29) is 11.9 Å². The summed E-state index contributed by atoms with van der Waals surface area (Å²) in [4.78, 5) is 28.6. The van der Waals surface area contributed by atoms with E-state index < -0.39 is 5.54 Å².